The molecule has 1 aromatic heterocycles. The molecule has 1 saturated heterocycles. The molecular formula is C26H34IN5O. The number of likely N-dealkylation sites (tertiary alicyclic amines) is 1. The molecule has 6 nitrogen and oxygen atoms in total. The van der Waals surface area contributed by atoms with Crippen LogP contribution in [0.5, 0.6) is 5.75 Å². The number of fused-ring (bicyclic) bond motifs is 1. The van der Waals surface area contributed by atoms with Crippen LogP contribution in [-0.4, -0.2) is 56.2 Å². The summed E-state index contributed by atoms with van der Waals surface area (Å²) in [5, 5.41) is 8.20. The minimum absolute atomic E-state index is 0. The van der Waals surface area contributed by atoms with E-state index in [1.54, 1.807) is 7.11 Å². The third kappa shape index (κ3) is 6.57. The van der Waals surface area contributed by atoms with Crippen molar-refractivity contribution >= 4 is 40.8 Å². The van der Waals surface area contributed by atoms with Crippen LogP contribution in [-0.2, 0) is 6.42 Å². The van der Waals surface area contributed by atoms with E-state index in [9.17, 15) is 0 Å². The first kappa shape index (κ1) is 25.2. The molecule has 2 heterocycles. The van der Waals surface area contributed by atoms with E-state index in [1.807, 2.05) is 31.4 Å². The lowest BCUT2D eigenvalue weighted by atomic mass is 10.1. The summed E-state index contributed by atoms with van der Waals surface area (Å²) in [4.78, 5) is 11.6. The molecule has 2 N–H and O–H groups in total. The van der Waals surface area contributed by atoms with Gasteiger partial charge >= 0.3 is 0 Å². The third-order valence-electron chi connectivity index (χ3n) is 6.17. The summed E-state index contributed by atoms with van der Waals surface area (Å²) in [7, 11) is 3.53. The SMILES string of the molecule is CN=C(NCCc1cccc2cccnc12)NCC(c1ccc(OC)cc1)N1CCCC1.I. The van der Waals surface area contributed by atoms with Crippen molar-refractivity contribution in [2.24, 2.45) is 4.99 Å². The number of guanidine groups is 1. The smallest absolute Gasteiger partial charge is 0.191 e. The second-order valence-corrected chi connectivity index (χ2v) is 8.15. The van der Waals surface area contributed by atoms with Crippen LogP contribution < -0.4 is 15.4 Å². The molecule has 3 aromatic rings. The summed E-state index contributed by atoms with van der Waals surface area (Å²) >= 11 is 0. The van der Waals surface area contributed by atoms with Crippen LogP contribution in [0.15, 0.2) is 65.8 Å². The van der Waals surface area contributed by atoms with Crippen LogP contribution in [0.1, 0.15) is 30.0 Å². The maximum absolute atomic E-state index is 5.33. The predicted octanol–water partition coefficient (Wildman–Crippen LogP) is 4.41. The number of methoxy groups -OCH3 is 1. The Morgan fingerprint density at radius 3 is 2.55 bits per heavy atom. The number of aromatic nitrogens is 1. The number of para-hydroxylation sites is 1. The van der Waals surface area contributed by atoms with Gasteiger partial charge in [-0.15, -0.1) is 24.0 Å². The Bertz CT molecular complexity index is 1030. The van der Waals surface area contributed by atoms with Gasteiger partial charge in [-0.05, 0) is 61.7 Å². The predicted molar refractivity (Wildman–Crippen MR) is 147 cm³/mol. The molecule has 0 aliphatic carbocycles. The van der Waals surface area contributed by atoms with Crippen molar-refractivity contribution in [2.75, 3.05) is 40.3 Å². The number of ether oxygens (including phenoxy) is 1. The Kier molecular flexibility index (Phi) is 9.75. The lowest BCUT2D eigenvalue weighted by molar-refractivity contribution is 0.245. The zero-order chi connectivity index (χ0) is 22.2. The number of halogens is 1. The van der Waals surface area contributed by atoms with Crippen LogP contribution in [0.2, 0.25) is 0 Å². The molecule has 2 aromatic carbocycles. The van der Waals surface area contributed by atoms with Crippen LogP contribution >= 0.6 is 24.0 Å². The van der Waals surface area contributed by atoms with Crippen molar-refractivity contribution in [2.45, 2.75) is 25.3 Å². The molecule has 1 fully saturated rings. The van der Waals surface area contributed by atoms with Crippen molar-refractivity contribution in [3.05, 3.63) is 71.9 Å². The van der Waals surface area contributed by atoms with Gasteiger partial charge < -0.3 is 15.4 Å². The highest BCUT2D eigenvalue weighted by atomic mass is 127. The molecule has 1 atom stereocenters. The first-order chi connectivity index (χ1) is 15.8. The van der Waals surface area contributed by atoms with Gasteiger partial charge in [0.1, 0.15) is 5.75 Å². The highest BCUT2D eigenvalue weighted by Crippen LogP contribution is 2.26. The van der Waals surface area contributed by atoms with Crippen molar-refractivity contribution < 1.29 is 4.74 Å². The number of benzene rings is 2. The summed E-state index contributed by atoms with van der Waals surface area (Å²) in [5.41, 5.74) is 3.63. The molecule has 1 unspecified atom stereocenters. The van der Waals surface area contributed by atoms with Crippen molar-refractivity contribution in [3.63, 3.8) is 0 Å². The topological polar surface area (TPSA) is 61.8 Å². The van der Waals surface area contributed by atoms with E-state index in [2.05, 4.69) is 61.9 Å². The van der Waals surface area contributed by atoms with E-state index in [-0.39, 0.29) is 24.0 Å². The first-order valence-electron chi connectivity index (χ1n) is 11.4. The number of pyridine rings is 1. The molecule has 0 radical (unpaired) electrons. The van der Waals surface area contributed by atoms with Gasteiger partial charge in [-0.3, -0.25) is 14.9 Å². The van der Waals surface area contributed by atoms with Crippen LogP contribution in [0.3, 0.4) is 0 Å². The van der Waals surface area contributed by atoms with Gasteiger partial charge in [0.2, 0.25) is 0 Å². The van der Waals surface area contributed by atoms with E-state index in [1.165, 1.54) is 29.4 Å². The second-order valence-electron chi connectivity index (χ2n) is 8.15. The molecule has 0 bridgehead atoms. The molecule has 176 valence electrons. The highest BCUT2D eigenvalue weighted by molar-refractivity contribution is 14.0. The van der Waals surface area contributed by atoms with E-state index in [0.29, 0.717) is 6.04 Å². The van der Waals surface area contributed by atoms with Crippen LogP contribution in [0, 0.1) is 0 Å². The van der Waals surface area contributed by atoms with Gasteiger partial charge in [0, 0.05) is 31.7 Å². The fourth-order valence-electron chi connectivity index (χ4n) is 4.44. The Hall–Kier alpha value is -2.39. The van der Waals surface area contributed by atoms with Gasteiger partial charge in [0.15, 0.2) is 5.96 Å². The van der Waals surface area contributed by atoms with Gasteiger partial charge in [-0.25, -0.2) is 0 Å². The molecular weight excluding hydrogens is 525 g/mol. The summed E-state index contributed by atoms with van der Waals surface area (Å²) < 4.78 is 5.33. The number of aliphatic imine (C=N–C) groups is 1. The quantitative estimate of drug-likeness (QED) is 0.244. The summed E-state index contributed by atoms with van der Waals surface area (Å²) in [5.74, 6) is 1.72. The molecule has 0 spiro atoms. The zero-order valence-electron chi connectivity index (χ0n) is 19.5. The Labute approximate surface area is 213 Å². The minimum atomic E-state index is 0. The number of nitrogens with zero attached hydrogens (tertiary/aromatic N) is 3. The van der Waals surface area contributed by atoms with Crippen LogP contribution in [0.25, 0.3) is 10.9 Å². The fraction of sp³-hybridized carbons (Fsp3) is 0.385. The van der Waals surface area contributed by atoms with Gasteiger partial charge in [-0.2, -0.15) is 0 Å². The number of hydrogen-bond acceptors (Lipinski definition) is 4. The Morgan fingerprint density at radius 1 is 1.06 bits per heavy atom. The van der Waals surface area contributed by atoms with Gasteiger partial charge in [0.25, 0.3) is 0 Å². The van der Waals surface area contributed by atoms with Crippen molar-refractivity contribution in [1.29, 1.82) is 0 Å². The van der Waals surface area contributed by atoms with Crippen LogP contribution in [0.4, 0.5) is 0 Å². The number of rotatable bonds is 8. The average molecular weight is 559 g/mol. The molecule has 0 amide bonds. The molecule has 33 heavy (non-hydrogen) atoms. The normalized spacial score (nSPS) is 15.2. The lowest BCUT2D eigenvalue weighted by Crippen LogP contribution is -2.43. The minimum Gasteiger partial charge on any atom is -0.497 e. The zero-order valence-corrected chi connectivity index (χ0v) is 21.8. The second kappa shape index (κ2) is 12.7. The molecule has 7 heteroatoms. The Morgan fingerprint density at radius 2 is 1.82 bits per heavy atom. The number of nitrogens with one attached hydrogen (secondary N) is 2. The Balaban J connectivity index is 0.00000306. The van der Waals surface area contributed by atoms with Gasteiger partial charge in [-0.1, -0.05) is 36.4 Å². The lowest BCUT2D eigenvalue weighted by Gasteiger charge is -2.29. The molecule has 4 rings (SSSR count). The maximum Gasteiger partial charge on any atom is 0.191 e. The fourth-order valence-corrected chi connectivity index (χ4v) is 4.44. The summed E-state index contributed by atoms with van der Waals surface area (Å²) in [6.45, 7) is 3.88. The maximum atomic E-state index is 5.33. The molecule has 0 saturated carbocycles. The molecule has 1 aliphatic rings. The monoisotopic (exact) mass is 559 g/mol. The van der Waals surface area contributed by atoms with E-state index in [0.717, 1.165) is 49.8 Å². The highest BCUT2D eigenvalue weighted by Gasteiger charge is 2.23. The largest absolute Gasteiger partial charge is 0.497 e. The third-order valence-corrected chi connectivity index (χ3v) is 6.17. The molecule has 1 aliphatic heterocycles. The standard InChI is InChI=1S/C26H33N5O.HI/c1-27-26(29-16-14-22-8-5-7-21-9-6-15-28-25(21)22)30-19-24(31-17-3-4-18-31)20-10-12-23(32-2)13-11-20;/h5-13,15,24H,3-4,14,16-19H2,1-2H3,(H2,27,29,30);1H. The van der Waals surface area contributed by atoms with Crippen molar-refractivity contribution in [3.8, 4) is 5.75 Å². The number of hydrogen-bond donors (Lipinski definition) is 2. The van der Waals surface area contributed by atoms with E-state index >= 15 is 0 Å². The first-order valence-corrected chi connectivity index (χ1v) is 11.4. The van der Waals surface area contributed by atoms with Gasteiger partial charge in [0.05, 0.1) is 18.7 Å². The van der Waals surface area contributed by atoms with Crippen molar-refractivity contribution in [1.82, 2.24) is 20.5 Å². The summed E-state index contributed by atoms with van der Waals surface area (Å²) in [6, 6.07) is 19.2. The van der Waals surface area contributed by atoms with E-state index in [4.69, 9.17) is 4.74 Å². The average Bonchev–Trinajstić information content (AvgIpc) is 3.38. The van der Waals surface area contributed by atoms with E-state index < -0.39 is 0 Å². The summed E-state index contributed by atoms with van der Waals surface area (Å²) in [6.07, 6.45) is 5.28.